The summed E-state index contributed by atoms with van der Waals surface area (Å²) >= 11 is -8.06. The zero-order valence-corrected chi connectivity index (χ0v) is 21.5. The third-order valence-corrected chi connectivity index (χ3v) is 23.5. The summed E-state index contributed by atoms with van der Waals surface area (Å²) in [6, 6.07) is 0. The molecule has 0 heterocycles. The number of alkyl halides is 7. The van der Waals surface area contributed by atoms with Gasteiger partial charge in [-0.1, -0.05) is 0 Å². The Labute approximate surface area is 137 Å². The third-order valence-electron chi connectivity index (χ3n) is 0.931. The average Bonchev–Trinajstić information content (AvgIpc) is 2.08. The van der Waals surface area contributed by atoms with Crippen molar-refractivity contribution >= 4 is 50.3 Å². The Morgan fingerprint density at radius 1 is 1.11 bits per heavy atom. The molecule has 126 valence electrons. The van der Waals surface area contributed by atoms with Gasteiger partial charge in [-0.3, -0.25) is 0 Å². The maximum absolute atomic E-state index is 11.3. The van der Waals surface area contributed by atoms with E-state index < -0.39 is 51.0 Å². The third kappa shape index (κ3) is 14.0. The fourth-order valence-corrected chi connectivity index (χ4v) is 41.0. The van der Waals surface area contributed by atoms with Gasteiger partial charge < -0.3 is 0 Å². The van der Waals surface area contributed by atoms with Crippen LogP contribution in [0.4, 0.5) is 0 Å². The normalized spacial score (nSPS) is 20.8. The number of hydrogen-bond acceptors (Lipinski definition) is 7. The van der Waals surface area contributed by atoms with Crippen LogP contribution >= 0.6 is 44.3 Å². The van der Waals surface area contributed by atoms with E-state index >= 15 is 0 Å². The van der Waals surface area contributed by atoms with Gasteiger partial charge in [-0.2, -0.15) is 0 Å². The Morgan fingerprint density at radius 3 is 1.89 bits per heavy atom. The molecule has 0 bridgehead atoms. The molecule has 0 aromatic carbocycles. The second-order valence-electron chi connectivity index (χ2n) is 5.24. The first-order valence-corrected chi connectivity index (χ1v) is 32.4. The standard InChI is InChI=1S/C9H25I3O4S3/c1-9(13)14-11(5,15-18-10(2,3)4)19-16-12(6,7,8)17/h17H,1-8H3/q-2. The van der Waals surface area contributed by atoms with Crippen molar-refractivity contribution in [3.05, 3.63) is 0 Å². The Hall–Kier alpha value is 2.63. The van der Waals surface area contributed by atoms with E-state index in [4.69, 9.17) is 8.09 Å². The van der Waals surface area contributed by atoms with Gasteiger partial charge >= 0.3 is 140 Å². The van der Waals surface area contributed by atoms with Gasteiger partial charge in [0.15, 0.2) is 0 Å². The van der Waals surface area contributed by atoms with Crippen molar-refractivity contribution in [2.75, 3.05) is 34.5 Å². The van der Waals surface area contributed by atoms with Crippen LogP contribution in [0, 0.1) is 0 Å². The number of halogens is 3. The summed E-state index contributed by atoms with van der Waals surface area (Å²) in [5.74, 6) is -0.314. The van der Waals surface area contributed by atoms with E-state index in [9.17, 15) is 4.79 Å². The quantitative estimate of drug-likeness (QED) is 0.141. The summed E-state index contributed by atoms with van der Waals surface area (Å²) in [4.78, 5) is 25.9. The van der Waals surface area contributed by atoms with Gasteiger partial charge in [0.2, 0.25) is 0 Å². The van der Waals surface area contributed by atoms with Gasteiger partial charge in [-0.15, -0.1) is 0 Å². The van der Waals surface area contributed by atoms with Crippen LogP contribution in [0.15, 0.2) is 0 Å². The SMILES string of the molecule is CC(=O)O[I-](C)(OS[I-](C)(C)C)SOI(C)(C)(C)S. The molecule has 10 heteroatoms. The number of hydrogen-bond donors (Lipinski definition) is 1. The zero-order chi connectivity index (χ0) is 15.6. The summed E-state index contributed by atoms with van der Waals surface area (Å²) in [5, 5.41) is 0. The summed E-state index contributed by atoms with van der Waals surface area (Å²) < 4.78 is 17.2. The molecule has 1 unspecified atom stereocenters. The number of carbonyl (C=O) groups is 1. The van der Waals surface area contributed by atoms with Crippen molar-refractivity contribution in [3.8, 4) is 0 Å². The monoisotopic (exact) mass is 674 g/mol. The first kappa shape index (κ1) is 21.6. The molecule has 0 rings (SSSR count). The molecule has 0 radical (unpaired) electrons. The van der Waals surface area contributed by atoms with Gasteiger partial charge in [0.05, 0.1) is 0 Å². The number of rotatable bonds is 7. The summed E-state index contributed by atoms with van der Waals surface area (Å²) in [5.41, 5.74) is 0. The Balaban J connectivity index is 4.74. The van der Waals surface area contributed by atoms with E-state index in [1.54, 1.807) is 0 Å². The van der Waals surface area contributed by atoms with E-state index in [1.807, 2.05) is 19.7 Å². The predicted molar refractivity (Wildman–Crippen MR) is 93.6 cm³/mol. The molecule has 1 atom stereocenters. The van der Waals surface area contributed by atoms with Gasteiger partial charge in [-0.05, 0) is 0 Å². The fourth-order valence-electron chi connectivity index (χ4n) is 0.474. The maximum atomic E-state index is 11.3. The molecule has 0 spiro atoms. The van der Waals surface area contributed by atoms with Crippen molar-refractivity contribution < 1.29 is 47.8 Å². The van der Waals surface area contributed by atoms with E-state index in [0.717, 1.165) is 0 Å². The molecule has 0 aliphatic rings. The van der Waals surface area contributed by atoms with Crippen LogP contribution < -0.4 is 34.9 Å². The minimum atomic E-state index is -3.20. The van der Waals surface area contributed by atoms with Crippen LogP contribution in [-0.2, 0) is 12.9 Å². The Kier molecular flexibility index (Phi) is 8.50. The van der Waals surface area contributed by atoms with Crippen LogP contribution in [0.2, 0.25) is 0 Å². The Morgan fingerprint density at radius 2 is 1.58 bits per heavy atom. The molecule has 0 aromatic heterocycles. The van der Waals surface area contributed by atoms with Gasteiger partial charge in [-0.25, -0.2) is 0 Å². The minimum absolute atomic E-state index is 0.314. The molecule has 19 heavy (non-hydrogen) atoms. The average molecular weight is 674 g/mol. The van der Waals surface area contributed by atoms with Gasteiger partial charge in [0.25, 0.3) is 0 Å². The van der Waals surface area contributed by atoms with Gasteiger partial charge in [0, 0.05) is 0 Å². The van der Waals surface area contributed by atoms with Crippen molar-refractivity contribution in [2.24, 2.45) is 0 Å². The van der Waals surface area contributed by atoms with Crippen molar-refractivity contribution in [3.63, 3.8) is 0 Å². The second kappa shape index (κ2) is 7.47. The number of thiol groups is 1. The molecule has 0 N–H and O–H groups in total. The Bertz CT molecular complexity index is 331. The predicted octanol–water partition coefficient (Wildman–Crippen LogP) is -2.39. The zero-order valence-electron chi connectivity index (χ0n) is 12.5. The topological polar surface area (TPSA) is 44.8 Å². The molecule has 0 aliphatic carbocycles. The molecule has 0 saturated carbocycles. The first-order chi connectivity index (χ1) is 8.08. The molecule has 0 fully saturated rings. The van der Waals surface area contributed by atoms with Gasteiger partial charge in [0.1, 0.15) is 0 Å². The summed E-state index contributed by atoms with van der Waals surface area (Å²) in [7, 11) is 7.36. The molecule has 0 aromatic rings. The van der Waals surface area contributed by atoms with Crippen LogP contribution in [0.3, 0.4) is 0 Å². The van der Waals surface area contributed by atoms with Crippen LogP contribution in [0.5, 0.6) is 0 Å². The van der Waals surface area contributed by atoms with E-state index in [0.29, 0.717) is 0 Å². The van der Waals surface area contributed by atoms with Crippen molar-refractivity contribution in [1.82, 2.24) is 0 Å². The van der Waals surface area contributed by atoms with Crippen LogP contribution in [0.1, 0.15) is 6.92 Å². The van der Waals surface area contributed by atoms with Crippen molar-refractivity contribution in [2.45, 2.75) is 6.92 Å². The van der Waals surface area contributed by atoms with Crippen LogP contribution in [-0.4, -0.2) is 40.5 Å². The van der Waals surface area contributed by atoms with Crippen LogP contribution in [0.25, 0.3) is 0 Å². The molecule has 0 saturated heterocycles. The van der Waals surface area contributed by atoms with E-state index in [1.165, 1.54) is 25.4 Å². The van der Waals surface area contributed by atoms with E-state index in [-0.39, 0.29) is 5.97 Å². The van der Waals surface area contributed by atoms with E-state index in [2.05, 4.69) is 24.6 Å². The molecule has 4 nitrogen and oxygen atoms in total. The second-order valence-corrected chi connectivity index (χ2v) is 53.4. The summed E-state index contributed by atoms with van der Waals surface area (Å²) in [6.07, 6.45) is 0. The molecule has 0 amide bonds. The fraction of sp³-hybridized carbons (Fsp3) is 0.889. The molecular formula is C9H25I3O4S3-2. The molecule has 0 aliphatic heterocycles. The molecular weight excluding hydrogens is 649 g/mol. The number of carbonyl (C=O) groups excluding carboxylic acids is 1. The first-order valence-electron chi connectivity index (χ1n) is 4.83. The van der Waals surface area contributed by atoms with Crippen molar-refractivity contribution in [1.29, 1.82) is 0 Å². The summed E-state index contributed by atoms with van der Waals surface area (Å²) in [6.45, 7) is 1.41.